The second-order valence-electron chi connectivity index (χ2n) is 14.0. The minimum Gasteiger partial charge on any atom is -0.456 e. The van der Waals surface area contributed by atoms with Gasteiger partial charge in [0, 0.05) is 47.6 Å². The van der Waals surface area contributed by atoms with Crippen molar-refractivity contribution in [1.82, 2.24) is 15.0 Å². The highest BCUT2D eigenvalue weighted by atomic mass is 32.1. The number of hydrogen-bond acceptors (Lipinski definition) is 5. The zero-order valence-corrected chi connectivity index (χ0v) is 30.9. The van der Waals surface area contributed by atoms with E-state index in [2.05, 4.69) is 127 Å². The minimum absolute atomic E-state index is 0.625. The topological polar surface area (TPSA) is 51.8 Å². The van der Waals surface area contributed by atoms with Gasteiger partial charge < -0.3 is 4.42 Å². The second kappa shape index (κ2) is 13.3. The summed E-state index contributed by atoms with van der Waals surface area (Å²) < 4.78 is 9.20. The van der Waals surface area contributed by atoms with E-state index in [4.69, 9.17) is 19.4 Å². The van der Waals surface area contributed by atoms with Gasteiger partial charge in [0.05, 0.1) is 0 Å². The highest BCUT2D eigenvalue weighted by molar-refractivity contribution is 7.26. The van der Waals surface area contributed by atoms with E-state index in [1.54, 1.807) is 0 Å². The van der Waals surface area contributed by atoms with Gasteiger partial charge in [-0.25, -0.2) is 15.0 Å². The molecule has 5 heteroatoms. The molecule has 0 radical (unpaired) electrons. The summed E-state index contributed by atoms with van der Waals surface area (Å²) in [5.41, 5.74) is 11.5. The molecule has 262 valence electrons. The Hall–Kier alpha value is -7.21. The number of thiophene rings is 1. The number of benzene rings is 8. The van der Waals surface area contributed by atoms with Gasteiger partial charge in [0.25, 0.3) is 0 Å². The van der Waals surface area contributed by atoms with Crippen LogP contribution in [0.25, 0.3) is 110 Å². The lowest BCUT2D eigenvalue weighted by atomic mass is 9.96. The molecule has 0 fully saturated rings. The summed E-state index contributed by atoms with van der Waals surface area (Å²) in [7, 11) is 0. The van der Waals surface area contributed by atoms with Crippen molar-refractivity contribution in [3.8, 4) is 67.5 Å². The lowest BCUT2D eigenvalue weighted by molar-refractivity contribution is 0.669. The van der Waals surface area contributed by atoms with E-state index in [1.807, 2.05) is 72.0 Å². The molecule has 0 atom stereocenters. The van der Waals surface area contributed by atoms with Crippen LogP contribution in [-0.2, 0) is 0 Å². The molecule has 0 saturated carbocycles. The molecule has 56 heavy (non-hydrogen) atoms. The first kappa shape index (κ1) is 32.2. The monoisotopic (exact) mass is 733 g/mol. The van der Waals surface area contributed by atoms with Crippen molar-refractivity contribution >= 4 is 53.4 Å². The molecule has 0 bridgehead atoms. The molecule has 11 rings (SSSR count). The highest BCUT2D eigenvalue weighted by Gasteiger charge is 2.18. The van der Waals surface area contributed by atoms with Crippen molar-refractivity contribution in [1.29, 1.82) is 0 Å². The molecule has 0 amide bonds. The maximum absolute atomic E-state index is 6.63. The predicted molar refractivity (Wildman–Crippen MR) is 233 cm³/mol. The van der Waals surface area contributed by atoms with Crippen molar-refractivity contribution in [2.45, 2.75) is 0 Å². The summed E-state index contributed by atoms with van der Waals surface area (Å²) in [5.74, 6) is 1.91. The molecule has 0 aliphatic heterocycles. The van der Waals surface area contributed by atoms with E-state index in [-0.39, 0.29) is 0 Å². The van der Waals surface area contributed by atoms with Crippen molar-refractivity contribution in [3.05, 3.63) is 188 Å². The molecule has 3 aromatic heterocycles. The van der Waals surface area contributed by atoms with Crippen LogP contribution in [0.4, 0.5) is 0 Å². The lowest BCUT2D eigenvalue weighted by Crippen LogP contribution is -2.00. The Bertz CT molecular complexity index is 3180. The predicted octanol–water partition coefficient (Wildman–Crippen LogP) is 14.1. The van der Waals surface area contributed by atoms with Gasteiger partial charge in [-0.1, -0.05) is 152 Å². The van der Waals surface area contributed by atoms with Gasteiger partial charge in [-0.2, -0.15) is 0 Å². The van der Waals surface area contributed by atoms with Crippen LogP contribution in [0, 0.1) is 0 Å². The van der Waals surface area contributed by atoms with Crippen LogP contribution in [0.1, 0.15) is 0 Å². The molecular weight excluding hydrogens is 703 g/mol. The van der Waals surface area contributed by atoms with Crippen molar-refractivity contribution in [2.24, 2.45) is 0 Å². The van der Waals surface area contributed by atoms with Gasteiger partial charge in [-0.05, 0) is 69.8 Å². The summed E-state index contributed by atoms with van der Waals surface area (Å²) in [4.78, 5) is 14.9. The summed E-state index contributed by atoms with van der Waals surface area (Å²) in [5, 5.41) is 4.73. The first-order valence-electron chi connectivity index (χ1n) is 18.7. The summed E-state index contributed by atoms with van der Waals surface area (Å²) in [6.45, 7) is 0. The summed E-state index contributed by atoms with van der Waals surface area (Å²) >= 11 is 1.85. The normalized spacial score (nSPS) is 11.6. The van der Waals surface area contributed by atoms with Gasteiger partial charge in [0.15, 0.2) is 17.5 Å². The smallest absolute Gasteiger partial charge is 0.164 e. The molecule has 11 aromatic rings. The van der Waals surface area contributed by atoms with Crippen LogP contribution in [0.3, 0.4) is 0 Å². The lowest BCUT2D eigenvalue weighted by Gasteiger charge is -2.10. The number of fused-ring (bicyclic) bond motifs is 6. The van der Waals surface area contributed by atoms with Gasteiger partial charge >= 0.3 is 0 Å². The standard InChI is InChI=1S/C51H31N3OS/c1-4-13-32(14-5-1)35-26-28-46-43(30-35)41-23-11-22-40(48(41)56-46)37-25-27-42-45(31-37)55-44-24-12-21-39(47(42)44)36-19-10-20-38(29-36)51-53-49(33-15-6-2-7-16-33)52-50(54-51)34-17-8-3-9-18-34/h1-31H. The molecule has 8 aromatic carbocycles. The van der Waals surface area contributed by atoms with Crippen LogP contribution in [0.5, 0.6) is 0 Å². The zero-order chi connectivity index (χ0) is 37.0. The molecule has 4 nitrogen and oxygen atoms in total. The van der Waals surface area contributed by atoms with Gasteiger partial charge in [-0.3, -0.25) is 0 Å². The van der Waals surface area contributed by atoms with Gasteiger partial charge in [-0.15, -0.1) is 11.3 Å². The Morgan fingerprint density at radius 3 is 1.64 bits per heavy atom. The average Bonchev–Trinajstić information content (AvgIpc) is 3.85. The van der Waals surface area contributed by atoms with Gasteiger partial charge in [0.1, 0.15) is 11.2 Å². The number of rotatable bonds is 6. The number of aromatic nitrogens is 3. The van der Waals surface area contributed by atoms with E-state index in [0.29, 0.717) is 17.5 Å². The van der Waals surface area contributed by atoms with E-state index in [1.165, 1.54) is 36.9 Å². The van der Waals surface area contributed by atoms with E-state index < -0.39 is 0 Å². The third-order valence-electron chi connectivity index (χ3n) is 10.5. The third-order valence-corrected chi connectivity index (χ3v) is 11.8. The van der Waals surface area contributed by atoms with E-state index in [0.717, 1.165) is 55.3 Å². The third kappa shape index (κ3) is 5.56. The molecule has 0 unspecified atom stereocenters. The van der Waals surface area contributed by atoms with E-state index in [9.17, 15) is 0 Å². The number of hydrogen-bond donors (Lipinski definition) is 0. The van der Waals surface area contributed by atoms with E-state index >= 15 is 0 Å². The van der Waals surface area contributed by atoms with Crippen LogP contribution >= 0.6 is 11.3 Å². The molecule has 0 spiro atoms. The fraction of sp³-hybridized carbons (Fsp3) is 0. The Kier molecular flexibility index (Phi) is 7.64. The summed E-state index contributed by atoms with van der Waals surface area (Å²) in [6, 6.07) is 65.6. The Morgan fingerprint density at radius 1 is 0.339 bits per heavy atom. The molecule has 3 heterocycles. The van der Waals surface area contributed by atoms with Crippen LogP contribution < -0.4 is 0 Å². The van der Waals surface area contributed by atoms with Crippen LogP contribution in [0.2, 0.25) is 0 Å². The molecule has 0 N–H and O–H groups in total. The summed E-state index contributed by atoms with van der Waals surface area (Å²) in [6.07, 6.45) is 0. The molecule has 0 aliphatic rings. The average molecular weight is 734 g/mol. The first-order chi connectivity index (χ1) is 27.7. The van der Waals surface area contributed by atoms with Crippen LogP contribution in [-0.4, -0.2) is 15.0 Å². The SMILES string of the molecule is c1ccc(-c2ccc3sc4c(-c5ccc6c(c5)oc5cccc(-c7cccc(-c8nc(-c9ccccc9)nc(-c9ccccc9)n8)c7)c56)cccc4c3c2)cc1. The Labute approximate surface area is 327 Å². The quantitative estimate of drug-likeness (QED) is 0.171. The second-order valence-corrected chi connectivity index (χ2v) is 15.0. The molecule has 0 aliphatic carbocycles. The first-order valence-corrected chi connectivity index (χ1v) is 19.5. The highest BCUT2D eigenvalue weighted by Crippen LogP contribution is 2.44. The van der Waals surface area contributed by atoms with Gasteiger partial charge in [0.2, 0.25) is 0 Å². The fourth-order valence-electron chi connectivity index (χ4n) is 7.83. The van der Waals surface area contributed by atoms with Crippen molar-refractivity contribution in [3.63, 3.8) is 0 Å². The van der Waals surface area contributed by atoms with Crippen molar-refractivity contribution in [2.75, 3.05) is 0 Å². The zero-order valence-electron chi connectivity index (χ0n) is 30.1. The number of furan rings is 1. The van der Waals surface area contributed by atoms with Crippen LogP contribution in [0.15, 0.2) is 192 Å². The Balaban J connectivity index is 1.00. The minimum atomic E-state index is 0.625. The Morgan fingerprint density at radius 2 is 0.911 bits per heavy atom. The maximum Gasteiger partial charge on any atom is 0.164 e. The van der Waals surface area contributed by atoms with Crippen molar-refractivity contribution < 1.29 is 4.42 Å². The fourth-order valence-corrected chi connectivity index (χ4v) is 9.05. The number of nitrogens with zero attached hydrogens (tertiary/aromatic N) is 3. The maximum atomic E-state index is 6.63. The molecular formula is C51H31N3OS. The largest absolute Gasteiger partial charge is 0.456 e. The molecule has 0 saturated heterocycles.